The molecule has 0 aliphatic carbocycles. The van der Waals surface area contributed by atoms with Gasteiger partial charge in [-0.1, -0.05) is 41.9 Å². The molecule has 3 heteroatoms. The van der Waals surface area contributed by atoms with Gasteiger partial charge in [-0.25, -0.2) is 0 Å². The summed E-state index contributed by atoms with van der Waals surface area (Å²) in [5.74, 6) is 0.871. The van der Waals surface area contributed by atoms with Crippen LogP contribution in [0, 0.1) is 13.8 Å². The summed E-state index contributed by atoms with van der Waals surface area (Å²) in [5.41, 5.74) is 9.26. The van der Waals surface area contributed by atoms with Crippen molar-refractivity contribution in [2.24, 2.45) is 5.73 Å². The molecule has 0 radical (unpaired) electrons. The third-order valence-corrected chi connectivity index (χ3v) is 3.28. The second-order valence-electron chi connectivity index (χ2n) is 4.70. The minimum atomic E-state index is -0.129. The van der Waals surface area contributed by atoms with Crippen LogP contribution in [0.1, 0.15) is 22.7 Å². The fourth-order valence-electron chi connectivity index (χ4n) is 2.09. The minimum absolute atomic E-state index is 0.129. The van der Waals surface area contributed by atoms with Gasteiger partial charge < -0.3 is 10.5 Å². The van der Waals surface area contributed by atoms with Crippen LogP contribution in [0.25, 0.3) is 0 Å². The molecule has 0 heterocycles. The van der Waals surface area contributed by atoms with Crippen LogP contribution in [0.15, 0.2) is 42.5 Å². The quantitative estimate of drug-likeness (QED) is 0.914. The van der Waals surface area contributed by atoms with Crippen molar-refractivity contribution in [2.75, 3.05) is 6.61 Å². The first-order valence-corrected chi connectivity index (χ1v) is 6.66. The fourth-order valence-corrected chi connectivity index (χ4v) is 2.42. The zero-order valence-corrected chi connectivity index (χ0v) is 11.9. The Kier molecular flexibility index (Phi) is 4.46. The highest BCUT2D eigenvalue weighted by atomic mass is 35.5. The predicted molar refractivity (Wildman–Crippen MR) is 79.8 cm³/mol. The van der Waals surface area contributed by atoms with E-state index in [4.69, 9.17) is 22.1 Å². The largest absolute Gasteiger partial charge is 0.491 e. The van der Waals surface area contributed by atoms with Gasteiger partial charge in [0.2, 0.25) is 0 Å². The molecule has 0 aliphatic heterocycles. The van der Waals surface area contributed by atoms with Gasteiger partial charge in [-0.3, -0.25) is 0 Å². The lowest BCUT2D eigenvalue weighted by atomic mass is 10.1. The minimum Gasteiger partial charge on any atom is -0.491 e. The second kappa shape index (κ2) is 6.09. The number of hydrogen-bond donors (Lipinski definition) is 1. The molecule has 0 amide bonds. The molecule has 2 nitrogen and oxygen atoms in total. The molecule has 19 heavy (non-hydrogen) atoms. The molecule has 0 fully saturated rings. The van der Waals surface area contributed by atoms with Crippen molar-refractivity contribution >= 4 is 11.6 Å². The molecule has 1 atom stereocenters. The van der Waals surface area contributed by atoms with E-state index in [1.165, 1.54) is 0 Å². The van der Waals surface area contributed by atoms with Gasteiger partial charge in [0.05, 0.1) is 6.04 Å². The third kappa shape index (κ3) is 3.49. The Hall–Kier alpha value is -1.51. The second-order valence-corrected chi connectivity index (χ2v) is 5.13. The highest BCUT2D eigenvalue weighted by Crippen LogP contribution is 2.27. The number of rotatable bonds is 4. The smallest absolute Gasteiger partial charge is 0.125 e. The monoisotopic (exact) mass is 275 g/mol. The Morgan fingerprint density at radius 3 is 2.26 bits per heavy atom. The molecule has 0 bridgehead atoms. The first-order valence-electron chi connectivity index (χ1n) is 6.28. The van der Waals surface area contributed by atoms with Crippen molar-refractivity contribution in [1.29, 1.82) is 0 Å². The molecule has 100 valence electrons. The van der Waals surface area contributed by atoms with E-state index < -0.39 is 0 Å². The summed E-state index contributed by atoms with van der Waals surface area (Å²) in [6, 6.07) is 13.6. The first kappa shape index (κ1) is 13.9. The Labute approximate surface area is 119 Å². The summed E-state index contributed by atoms with van der Waals surface area (Å²) in [4.78, 5) is 0. The molecular formula is C16H18ClNO. The van der Waals surface area contributed by atoms with Gasteiger partial charge in [0.1, 0.15) is 12.4 Å². The molecule has 2 aromatic carbocycles. The highest BCUT2D eigenvalue weighted by molar-refractivity contribution is 6.30. The Morgan fingerprint density at radius 2 is 1.68 bits per heavy atom. The maximum absolute atomic E-state index is 6.12. The molecule has 0 spiro atoms. The van der Waals surface area contributed by atoms with Gasteiger partial charge in [0, 0.05) is 5.02 Å². The van der Waals surface area contributed by atoms with E-state index in [2.05, 4.69) is 0 Å². The first-order chi connectivity index (χ1) is 9.08. The van der Waals surface area contributed by atoms with Crippen LogP contribution in [0.3, 0.4) is 0 Å². The number of halogens is 1. The summed E-state index contributed by atoms with van der Waals surface area (Å²) in [6.07, 6.45) is 0. The van der Waals surface area contributed by atoms with Gasteiger partial charge in [-0.05, 0) is 42.7 Å². The zero-order chi connectivity index (χ0) is 13.8. The van der Waals surface area contributed by atoms with Crippen LogP contribution >= 0.6 is 11.6 Å². The van der Waals surface area contributed by atoms with Gasteiger partial charge in [0.15, 0.2) is 0 Å². The van der Waals surface area contributed by atoms with Crippen molar-refractivity contribution < 1.29 is 4.74 Å². The van der Waals surface area contributed by atoms with Gasteiger partial charge >= 0.3 is 0 Å². The summed E-state index contributed by atoms with van der Waals surface area (Å²) >= 11 is 6.00. The van der Waals surface area contributed by atoms with E-state index in [-0.39, 0.29) is 6.04 Å². The van der Waals surface area contributed by atoms with Crippen LogP contribution in [0.2, 0.25) is 5.02 Å². The van der Waals surface area contributed by atoms with Gasteiger partial charge in [-0.15, -0.1) is 0 Å². The van der Waals surface area contributed by atoms with Crippen molar-refractivity contribution in [3.05, 3.63) is 64.2 Å². The van der Waals surface area contributed by atoms with E-state index in [0.29, 0.717) is 6.61 Å². The van der Waals surface area contributed by atoms with Crippen molar-refractivity contribution in [3.63, 3.8) is 0 Å². The zero-order valence-electron chi connectivity index (χ0n) is 11.2. The van der Waals surface area contributed by atoms with Crippen LogP contribution in [0.4, 0.5) is 0 Å². The number of ether oxygens (including phenoxy) is 1. The Balaban J connectivity index is 2.07. The highest BCUT2D eigenvalue weighted by Gasteiger charge is 2.10. The van der Waals surface area contributed by atoms with Crippen molar-refractivity contribution in [2.45, 2.75) is 19.9 Å². The molecule has 2 aromatic rings. The normalized spacial score (nSPS) is 12.2. The number of hydrogen-bond acceptors (Lipinski definition) is 2. The molecule has 1 unspecified atom stereocenters. The molecule has 0 aromatic heterocycles. The van der Waals surface area contributed by atoms with E-state index in [9.17, 15) is 0 Å². The molecular weight excluding hydrogens is 258 g/mol. The van der Waals surface area contributed by atoms with E-state index in [0.717, 1.165) is 27.5 Å². The fraction of sp³-hybridized carbons (Fsp3) is 0.250. The maximum Gasteiger partial charge on any atom is 0.125 e. The van der Waals surface area contributed by atoms with Gasteiger partial charge in [0.25, 0.3) is 0 Å². The van der Waals surface area contributed by atoms with Crippen molar-refractivity contribution in [1.82, 2.24) is 0 Å². The standard InChI is InChI=1S/C16H18ClNO/c1-11-8-14(17)9-12(2)16(11)19-10-15(18)13-6-4-3-5-7-13/h3-9,15H,10,18H2,1-2H3. The van der Waals surface area contributed by atoms with Crippen LogP contribution in [-0.4, -0.2) is 6.61 Å². The lowest BCUT2D eigenvalue weighted by molar-refractivity contribution is 0.287. The number of aryl methyl sites for hydroxylation is 2. The van der Waals surface area contributed by atoms with Crippen LogP contribution in [0.5, 0.6) is 5.75 Å². The molecule has 2 rings (SSSR count). The lowest BCUT2D eigenvalue weighted by Gasteiger charge is -2.17. The molecule has 2 N–H and O–H groups in total. The Bertz CT molecular complexity index is 531. The van der Waals surface area contributed by atoms with E-state index in [1.807, 2.05) is 56.3 Å². The van der Waals surface area contributed by atoms with E-state index >= 15 is 0 Å². The molecule has 0 aliphatic rings. The average molecular weight is 276 g/mol. The van der Waals surface area contributed by atoms with Crippen LogP contribution < -0.4 is 10.5 Å². The third-order valence-electron chi connectivity index (χ3n) is 3.06. The SMILES string of the molecule is Cc1cc(Cl)cc(C)c1OCC(N)c1ccccc1. The lowest BCUT2D eigenvalue weighted by Crippen LogP contribution is -2.19. The predicted octanol–water partition coefficient (Wildman–Crippen LogP) is 4.04. The van der Waals surface area contributed by atoms with E-state index in [1.54, 1.807) is 0 Å². The number of nitrogens with two attached hydrogens (primary N) is 1. The summed E-state index contributed by atoms with van der Waals surface area (Å²) in [7, 11) is 0. The van der Waals surface area contributed by atoms with Crippen LogP contribution in [-0.2, 0) is 0 Å². The maximum atomic E-state index is 6.12. The topological polar surface area (TPSA) is 35.2 Å². The Morgan fingerprint density at radius 1 is 1.11 bits per heavy atom. The van der Waals surface area contributed by atoms with Gasteiger partial charge in [-0.2, -0.15) is 0 Å². The summed E-state index contributed by atoms with van der Waals surface area (Å²) in [5, 5.41) is 0.731. The molecule has 0 saturated carbocycles. The number of benzene rings is 2. The summed E-state index contributed by atoms with van der Waals surface area (Å²) < 4.78 is 5.86. The van der Waals surface area contributed by atoms with Crippen molar-refractivity contribution in [3.8, 4) is 5.75 Å². The molecule has 0 saturated heterocycles. The summed E-state index contributed by atoms with van der Waals surface area (Å²) in [6.45, 7) is 4.43. The average Bonchev–Trinajstić information content (AvgIpc) is 2.38.